The molecule has 0 radical (unpaired) electrons. The summed E-state index contributed by atoms with van der Waals surface area (Å²) in [5.74, 6) is 2.88. The van der Waals surface area contributed by atoms with Gasteiger partial charge in [-0.1, -0.05) is 31.4 Å². The largest absolute Gasteiger partial charge is 0.617 e. The highest BCUT2D eigenvalue weighted by molar-refractivity contribution is 7.90. The van der Waals surface area contributed by atoms with E-state index in [1.165, 1.54) is 44.9 Å². The molecule has 0 aromatic rings. The third-order valence-electron chi connectivity index (χ3n) is 9.50. The van der Waals surface area contributed by atoms with Crippen molar-refractivity contribution in [3.63, 3.8) is 0 Å². The summed E-state index contributed by atoms with van der Waals surface area (Å²) in [6.07, 6.45) is 11.5. The number of hydrogen-bond acceptors (Lipinski definition) is 3. The van der Waals surface area contributed by atoms with Crippen LogP contribution in [-0.2, 0) is 11.2 Å². The summed E-state index contributed by atoms with van der Waals surface area (Å²) in [6, 6.07) is 0. The van der Waals surface area contributed by atoms with Gasteiger partial charge in [0, 0.05) is 11.3 Å². The first-order valence-electron chi connectivity index (χ1n) is 10.4. The number of aliphatic hydroxyl groups excluding tert-OH is 1. The maximum atomic E-state index is 11.9. The van der Waals surface area contributed by atoms with Crippen molar-refractivity contribution >= 4 is 11.2 Å². The molecule has 5 rings (SSSR count). The Morgan fingerprint density at radius 1 is 1.12 bits per heavy atom. The van der Waals surface area contributed by atoms with Gasteiger partial charge in [0.05, 0.1) is 12.4 Å². The minimum atomic E-state index is -0.810. The van der Waals surface area contributed by atoms with E-state index < -0.39 is 11.2 Å². The number of aliphatic hydroxyl groups is 1. The van der Waals surface area contributed by atoms with Gasteiger partial charge in [-0.25, -0.2) is 0 Å². The van der Waals surface area contributed by atoms with Gasteiger partial charge in [0.15, 0.2) is 0 Å². The van der Waals surface area contributed by atoms with Crippen molar-refractivity contribution in [2.24, 2.45) is 45.7 Å². The van der Waals surface area contributed by atoms with Crippen LogP contribution in [0.1, 0.15) is 65.2 Å². The molecule has 1 unspecified atom stereocenters. The molecule has 9 atom stereocenters. The number of hydrogen-bond donors (Lipinski definition) is 2. The quantitative estimate of drug-likeness (QED) is 0.752. The Hall–Kier alpha value is 0.230. The zero-order valence-corrected chi connectivity index (χ0v) is 17.1. The summed E-state index contributed by atoms with van der Waals surface area (Å²) in [6.45, 7) is 5.76. The molecule has 3 nitrogen and oxygen atoms in total. The average molecular weight is 368 g/mol. The minimum absolute atomic E-state index is 0.0941. The van der Waals surface area contributed by atoms with Crippen molar-refractivity contribution < 1.29 is 9.66 Å². The molecule has 5 fully saturated rings. The van der Waals surface area contributed by atoms with Gasteiger partial charge in [-0.3, -0.25) is 0 Å². The van der Waals surface area contributed by atoms with Crippen molar-refractivity contribution in [3.8, 4) is 0 Å². The van der Waals surface area contributed by atoms with Crippen LogP contribution >= 0.6 is 0 Å². The normalized spacial score (nSPS) is 56.2. The van der Waals surface area contributed by atoms with E-state index in [9.17, 15) is 9.66 Å². The van der Waals surface area contributed by atoms with Gasteiger partial charge in [0.25, 0.3) is 0 Å². The van der Waals surface area contributed by atoms with Crippen molar-refractivity contribution in [3.05, 3.63) is 0 Å². The highest BCUT2D eigenvalue weighted by Crippen LogP contribution is 2.72. The van der Waals surface area contributed by atoms with Crippen LogP contribution in [0.15, 0.2) is 0 Å². The molecule has 5 saturated carbocycles. The Balaban J connectivity index is 1.68. The van der Waals surface area contributed by atoms with Crippen LogP contribution in [0, 0.1) is 39.9 Å². The number of fused-ring (bicyclic) bond motifs is 3. The Bertz CT molecular complexity index is 528. The predicted molar refractivity (Wildman–Crippen MR) is 104 cm³/mol. The topological polar surface area (TPSA) is 69.3 Å². The molecule has 5 aliphatic carbocycles. The van der Waals surface area contributed by atoms with Crippen LogP contribution in [0.25, 0.3) is 0 Å². The van der Waals surface area contributed by atoms with E-state index >= 15 is 0 Å². The molecule has 0 amide bonds. The van der Waals surface area contributed by atoms with Gasteiger partial charge in [-0.15, -0.1) is 0 Å². The molecule has 25 heavy (non-hydrogen) atoms. The molecule has 0 aromatic heterocycles. The van der Waals surface area contributed by atoms with Crippen LogP contribution in [0.4, 0.5) is 0 Å². The lowest BCUT2D eigenvalue weighted by atomic mass is 9.35. The zero-order chi connectivity index (χ0) is 18.0. The van der Waals surface area contributed by atoms with Crippen LogP contribution in [0.2, 0.25) is 0 Å². The second kappa shape index (κ2) is 6.12. The van der Waals surface area contributed by atoms with E-state index in [1.807, 2.05) is 0 Å². The molecular weight excluding hydrogens is 330 g/mol. The van der Waals surface area contributed by atoms with Crippen molar-refractivity contribution in [1.29, 1.82) is 0 Å². The van der Waals surface area contributed by atoms with Crippen LogP contribution in [0.3, 0.4) is 0 Å². The van der Waals surface area contributed by atoms with Gasteiger partial charge in [0.1, 0.15) is 5.75 Å². The summed E-state index contributed by atoms with van der Waals surface area (Å²) in [4.78, 5) is 0. The van der Waals surface area contributed by atoms with Crippen LogP contribution in [-0.4, -0.2) is 34.3 Å². The van der Waals surface area contributed by atoms with Gasteiger partial charge < -0.3 is 15.4 Å². The third kappa shape index (κ3) is 2.50. The summed E-state index contributed by atoms with van der Waals surface area (Å²) in [5, 5.41) is 11.4. The molecule has 2 bridgehead atoms. The lowest BCUT2D eigenvalue weighted by molar-refractivity contribution is -0.239. The summed E-state index contributed by atoms with van der Waals surface area (Å²) in [5.41, 5.74) is 6.97. The molecule has 0 saturated heterocycles. The Kier molecular flexibility index (Phi) is 4.55. The van der Waals surface area contributed by atoms with Crippen LogP contribution < -0.4 is 5.73 Å². The molecule has 0 aromatic carbocycles. The average Bonchev–Trinajstić information content (AvgIpc) is 2.57. The maximum absolute atomic E-state index is 11.9. The molecule has 1 spiro atoms. The van der Waals surface area contributed by atoms with Gasteiger partial charge >= 0.3 is 0 Å². The first-order valence-corrected chi connectivity index (χ1v) is 12.2. The minimum Gasteiger partial charge on any atom is -0.617 e. The van der Waals surface area contributed by atoms with Gasteiger partial charge in [0.2, 0.25) is 0 Å². The van der Waals surface area contributed by atoms with E-state index in [0.717, 1.165) is 13.0 Å². The summed E-state index contributed by atoms with van der Waals surface area (Å²) < 4.78 is 11.9. The Morgan fingerprint density at radius 2 is 1.84 bits per heavy atom. The first kappa shape index (κ1) is 18.6. The molecule has 5 aliphatic rings. The van der Waals surface area contributed by atoms with E-state index in [-0.39, 0.29) is 22.9 Å². The second-order valence-corrected chi connectivity index (χ2v) is 12.0. The van der Waals surface area contributed by atoms with E-state index in [1.54, 1.807) is 6.26 Å². The predicted octanol–water partition coefficient (Wildman–Crippen LogP) is 3.32. The Labute approximate surface area is 156 Å². The smallest absolute Gasteiger partial charge is 0.110 e. The van der Waals surface area contributed by atoms with E-state index in [2.05, 4.69) is 13.8 Å². The molecule has 144 valence electrons. The Morgan fingerprint density at radius 3 is 2.52 bits per heavy atom. The maximum Gasteiger partial charge on any atom is 0.110 e. The molecule has 4 heteroatoms. The zero-order valence-electron chi connectivity index (χ0n) is 16.3. The third-order valence-corrected chi connectivity index (χ3v) is 10.4. The molecule has 3 N–H and O–H groups in total. The van der Waals surface area contributed by atoms with Crippen molar-refractivity contribution in [2.45, 2.75) is 71.3 Å². The molecular formula is C21H37NO2S. The monoisotopic (exact) mass is 367 g/mol. The SMILES string of the molecule is C[S+]([O-])C[C@H]1[C@H]2CC[C@@]3(CC[C@@H]4[C@](C)(CN)CCC[C@@]4(C)[C@@H]3C2)[C@@H]1O. The summed E-state index contributed by atoms with van der Waals surface area (Å²) >= 11 is -0.810. The standard InChI is InChI=1S/C21H37NO2S/c1-19(13-22)7-4-8-20(2)16(19)6-10-21-9-5-14(11-17(20)21)15(18(21)23)12-25(3)24/h14-18,23H,4-13,22H2,1-3H3/t14-,15-,16+,17-,18+,19-,20+,21-,25?/m0/s1. The van der Waals surface area contributed by atoms with Gasteiger partial charge in [-0.05, 0) is 80.1 Å². The second-order valence-electron chi connectivity index (χ2n) is 10.5. The van der Waals surface area contributed by atoms with Gasteiger partial charge in [-0.2, -0.15) is 0 Å². The highest BCUT2D eigenvalue weighted by Gasteiger charge is 2.67. The van der Waals surface area contributed by atoms with Crippen LogP contribution in [0.5, 0.6) is 0 Å². The van der Waals surface area contributed by atoms with Crippen molar-refractivity contribution in [1.82, 2.24) is 0 Å². The fourth-order valence-electron chi connectivity index (χ4n) is 8.35. The van der Waals surface area contributed by atoms with Crippen molar-refractivity contribution in [2.75, 3.05) is 18.6 Å². The first-order chi connectivity index (χ1) is 11.8. The molecule has 0 heterocycles. The number of rotatable bonds is 3. The lowest BCUT2D eigenvalue weighted by Gasteiger charge is -2.70. The fourth-order valence-corrected chi connectivity index (χ4v) is 9.35. The molecule has 0 aliphatic heterocycles. The lowest BCUT2D eigenvalue weighted by Crippen LogP contribution is -2.67. The highest BCUT2D eigenvalue weighted by atomic mass is 32.2. The summed E-state index contributed by atoms with van der Waals surface area (Å²) in [7, 11) is 0. The van der Waals surface area contributed by atoms with E-state index in [4.69, 9.17) is 5.73 Å². The fraction of sp³-hybridized carbons (Fsp3) is 1.00. The van der Waals surface area contributed by atoms with E-state index in [0.29, 0.717) is 28.9 Å². The number of nitrogens with two attached hydrogens (primary N) is 1.